The smallest absolute Gasteiger partial charge is 0.254 e. The van der Waals surface area contributed by atoms with Crippen LogP contribution in [0.3, 0.4) is 0 Å². The number of nitrogens with zero attached hydrogens (tertiary/aromatic N) is 2. The van der Waals surface area contributed by atoms with Crippen molar-refractivity contribution >= 4 is 22.7 Å². The lowest BCUT2D eigenvalue weighted by Crippen LogP contribution is -2.42. The standard InChI is InChI=1S/C29H38N4O3/c1-17(2)29(36)32-13-11-22(12-14-32)20(5)33-21(6)26(23-9-7-8-10-25(23)33)28(35)30-16-24-18(3)15-19(4)31-27(24)34/h7-10,15,17,20,22H,11-14,16H2,1-6H3,(H,30,35)(H,31,34). The van der Waals surface area contributed by atoms with Crippen molar-refractivity contribution in [2.75, 3.05) is 13.1 Å². The van der Waals surface area contributed by atoms with Crippen LogP contribution in [0.5, 0.6) is 0 Å². The van der Waals surface area contributed by atoms with E-state index in [0.29, 0.717) is 17.0 Å². The van der Waals surface area contributed by atoms with Gasteiger partial charge in [0.05, 0.1) is 5.56 Å². The molecule has 1 unspecified atom stereocenters. The van der Waals surface area contributed by atoms with E-state index in [1.54, 1.807) is 0 Å². The van der Waals surface area contributed by atoms with Gasteiger partial charge in [-0.1, -0.05) is 32.0 Å². The van der Waals surface area contributed by atoms with Crippen molar-refractivity contribution < 1.29 is 9.59 Å². The predicted molar refractivity (Wildman–Crippen MR) is 143 cm³/mol. The molecule has 0 aliphatic carbocycles. The molecule has 3 heterocycles. The summed E-state index contributed by atoms with van der Waals surface area (Å²) in [7, 11) is 0. The molecule has 1 aromatic carbocycles. The molecule has 1 fully saturated rings. The highest BCUT2D eigenvalue weighted by atomic mass is 16.2. The molecule has 7 nitrogen and oxygen atoms in total. The molecule has 1 saturated heterocycles. The van der Waals surface area contributed by atoms with E-state index in [0.717, 1.165) is 53.8 Å². The lowest BCUT2D eigenvalue weighted by Gasteiger charge is -2.36. The number of carbonyl (C=O) groups excluding carboxylic acids is 2. The van der Waals surface area contributed by atoms with Gasteiger partial charge in [0.15, 0.2) is 0 Å². The molecule has 192 valence electrons. The van der Waals surface area contributed by atoms with E-state index in [1.165, 1.54) is 0 Å². The molecule has 2 N–H and O–H groups in total. The van der Waals surface area contributed by atoms with Crippen molar-refractivity contribution in [2.24, 2.45) is 11.8 Å². The van der Waals surface area contributed by atoms with Gasteiger partial charge in [0, 0.05) is 59.4 Å². The van der Waals surface area contributed by atoms with E-state index >= 15 is 0 Å². The topological polar surface area (TPSA) is 87.2 Å². The second-order valence-corrected chi connectivity index (χ2v) is 10.5. The SMILES string of the molecule is Cc1cc(C)c(CNC(=O)c2c(C)n(C(C)C3CCN(C(=O)C(C)C)CC3)c3ccccc23)c(=O)[nH]1. The highest BCUT2D eigenvalue weighted by molar-refractivity contribution is 6.08. The molecule has 1 aliphatic heterocycles. The van der Waals surface area contributed by atoms with Gasteiger partial charge in [-0.2, -0.15) is 0 Å². The molecule has 1 atom stereocenters. The summed E-state index contributed by atoms with van der Waals surface area (Å²) in [6.45, 7) is 13.6. The number of fused-ring (bicyclic) bond motifs is 1. The van der Waals surface area contributed by atoms with Crippen LogP contribution in [0.15, 0.2) is 35.1 Å². The van der Waals surface area contributed by atoms with Gasteiger partial charge in [-0.15, -0.1) is 0 Å². The summed E-state index contributed by atoms with van der Waals surface area (Å²) in [5, 5.41) is 3.91. The summed E-state index contributed by atoms with van der Waals surface area (Å²) in [5.74, 6) is 0.493. The third-order valence-electron chi connectivity index (χ3n) is 7.74. The minimum absolute atomic E-state index is 0.0231. The van der Waals surface area contributed by atoms with E-state index in [-0.39, 0.29) is 35.9 Å². The quantitative estimate of drug-likeness (QED) is 0.528. The van der Waals surface area contributed by atoms with Gasteiger partial charge < -0.3 is 19.8 Å². The van der Waals surface area contributed by atoms with E-state index in [1.807, 2.05) is 63.8 Å². The monoisotopic (exact) mass is 490 g/mol. The van der Waals surface area contributed by atoms with Crippen LogP contribution in [0.4, 0.5) is 0 Å². The van der Waals surface area contributed by atoms with Crippen molar-refractivity contribution in [2.45, 2.75) is 67.0 Å². The van der Waals surface area contributed by atoms with E-state index < -0.39 is 0 Å². The fourth-order valence-electron chi connectivity index (χ4n) is 5.74. The first kappa shape index (κ1) is 25.7. The molecule has 2 aromatic heterocycles. The molecule has 7 heteroatoms. The lowest BCUT2D eigenvalue weighted by atomic mass is 9.89. The van der Waals surface area contributed by atoms with Crippen LogP contribution in [-0.2, 0) is 11.3 Å². The van der Waals surface area contributed by atoms with Crippen molar-refractivity contribution in [3.63, 3.8) is 0 Å². The van der Waals surface area contributed by atoms with Crippen LogP contribution in [-0.4, -0.2) is 39.4 Å². The second kappa shape index (κ2) is 10.3. The van der Waals surface area contributed by atoms with E-state index in [9.17, 15) is 14.4 Å². The fraction of sp³-hybridized carbons (Fsp3) is 0.483. The maximum absolute atomic E-state index is 13.5. The van der Waals surface area contributed by atoms with Crippen LogP contribution in [0.25, 0.3) is 10.9 Å². The molecule has 1 aliphatic rings. The van der Waals surface area contributed by atoms with Crippen LogP contribution in [0, 0.1) is 32.6 Å². The molecular weight excluding hydrogens is 452 g/mol. The minimum atomic E-state index is -0.175. The zero-order valence-corrected chi connectivity index (χ0v) is 22.3. The number of piperidine rings is 1. The number of para-hydroxylation sites is 1. The zero-order valence-electron chi connectivity index (χ0n) is 22.3. The average molecular weight is 491 g/mol. The van der Waals surface area contributed by atoms with E-state index in [4.69, 9.17) is 0 Å². The Morgan fingerprint density at radius 3 is 2.39 bits per heavy atom. The Labute approximate surface area is 212 Å². The van der Waals surface area contributed by atoms with Gasteiger partial charge in [-0.05, 0) is 64.2 Å². The van der Waals surface area contributed by atoms with Gasteiger partial charge in [0.1, 0.15) is 0 Å². The average Bonchev–Trinajstić information content (AvgIpc) is 3.14. The Kier molecular flexibility index (Phi) is 7.38. The molecule has 0 spiro atoms. The number of hydrogen-bond acceptors (Lipinski definition) is 3. The number of aromatic amines is 1. The molecule has 4 rings (SSSR count). The Bertz CT molecular complexity index is 1340. The molecule has 0 saturated carbocycles. The van der Waals surface area contributed by atoms with Crippen LogP contribution in [0.1, 0.15) is 72.5 Å². The number of amides is 2. The summed E-state index contributed by atoms with van der Waals surface area (Å²) < 4.78 is 2.29. The van der Waals surface area contributed by atoms with Gasteiger partial charge >= 0.3 is 0 Å². The molecule has 2 amide bonds. The Balaban J connectivity index is 1.59. The number of aryl methyl sites for hydroxylation is 2. The van der Waals surface area contributed by atoms with Crippen LogP contribution < -0.4 is 10.9 Å². The molecule has 36 heavy (non-hydrogen) atoms. The first-order chi connectivity index (χ1) is 17.1. The highest BCUT2D eigenvalue weighted by Gasteiger charge is 2.31. The molecule has 3 aromatic rings. The van der Waals surface area contributed by atoms with Crippen LogP contribution in [0.2, 0.25) is 0 Å². The largest absolute Gasteiger partial charge is 0.348 e. The first-order valence-corrected chi connectivity index (χ1v) is 13.0. The summed E-state index contributed by atoms with van der Waals surface area (Å²) in [6, 6.07) is 10.1. The second-order valence-electron chi connectivity index (χ2n) is 10.5. The van der Waals surface area contributed by atoms with Crippen molar-refractivity contribution in [3.05, 3.63) is 68.8 Å². The number of likely N-dealkylation sites (tertiary alicyclic amines) is 1. The Morgan fingerprint density at radius 1 is 1.08 bits per heavy atom. The van der Waals surface area contributed by atoms with E-state index in [2.05, 4.69) is 27.9 Å². The van der Waals surface area contributed by atoms with Crippen molar-refractivity contribution in [1.82, 2.24) is 19.8 Å². The highest BCUT2D eigenvalue weighted by Crippen LogP contribution is 2.36. The van der Waals surface area contributed by atoms with Gasteiger partial charge in [-0.25, -0.2) is 0 Å². The van der Waals surface area contributed by atoms with Crippen molar-refractivity contribution in [1.29, 1.82) is 0 Å². The molecule has 0 bridgehead atoms. The number of nitrogens with one attached hydrogen (secondary N) is 2. The number of hydrogen-bond donors (Lipinski definition) is 2. The number of H-pyrrole nitrogens is 1. The Morgan fingerprint density at radius 2 is 1.75 bits per heavy atom. The third kappa shape index (κ3) is 4.84. The number of aromatic nitrogens is 2. The predicted octanol–water partition coefficient (Wildman–Crippen LogP) is 4.64. The van der Waals surface area contributed by atoms with Gasteiger partial charge in [-0.3, -0.25) is 14.4 Å². The summed E-state index contributed by atoms with van der Waals surface area (Å²) in [6.07, 6.45) is 1.89. The lowest BCUT2D eigenvalue weighted by molar-refractivity contribution is -0.136. The number of carbonyl (C=O) groups is 2. The normalized spacial score (nSPS) is 15.5. The first-order valence-electron chi connectivity index (χ1n) is 13.0. The molecular formula is C29H38N4O3. The third-order valence-corrected chi connectivity index (χ3v) is 7.74. The minimum Gasteiger partial charge on any atom is -0.348 e. The van der Waals surface area contributed by atoms with Crippen LogP contribution >= 0.6 is 0 Å². The summed E-state index contributed by atoms with van der Waals surface area (Å²) >= 11 is 0. The zero-order chi connectivity index (χ0) is 26.1. The number of pyridine rings is 1. The summed E-state index contributed by atoms with van der Waals surface area (Å²) in [5.41, 5.74) is 4.71. The van der Waals surface area contributed by atoms with Gasteiger partial charge in [0.25, 0.3) is 11.5 Å². The Hall–Kier alpha value is -3.35. The number of rotatable bonds is 6. The maximum Gasteiger partial charge on any atom is 0.254 e. The maximum atomic E-state index is 13.5. The fourth-order valence-corrected chi connectivity index (χ4v) is 5.74. The molecule has 0 radical (unpaired) electrons. The number of benzene rings is 1. The summed E-state index contributed by atoms with van der Waals surface area (Å²) in [4.78, 5) is 43.1. The van der Waals surface area contributed by atoms with Crippen molar-refractivity contribution in [3.8, 4) is 0 Å². The van der Waals surface area contributed by atoms with Gasteiger partial charge in [0.2, 0.25) is 5.91 Å².